The second-order valence-corrected chi connectivity index (χ2v) is 6.91. The van der Waals surface area contributed by atoms with E-state index in [4.69, 9.17) is 0 Å². The number of amides is 2. The first-order chi connectivity index (χ1) is 15.8. The lowest BCUT2D eigenvalue weighted by atomic mass is 10.1. The molecule has 0 saturated carbocycles. The van der Waals surface area contributed by atoms with E-state index < -0.39 is 23.6 Å². The second-order valence-electron chi connectivity index (χ2n) is 6.91. The van der Waals surface area contributed by atoms with E-state index in [2.05, 4.69) is 20.6 Å². The Hall–Kier alpha value is -4.47. The number of hydrogen-bond acceptors (Lipinski definition) is 4. The molecule has 0 atom stereocenters. The summed E-state index contributed by atoms with van der Waals surface area (Å²) in [6.45, 7) is 0. The number of aromatic nitrogens is 3. The normalized spacial score (nSPS) is 11.1. The molecule has 0 bridgehead atoms. The van der Waals surface area contributed by atoms with Gasteiger partial charge < -0.3 is 10.6 Å². The fraction of sp³-hybridized carbons (Fsp3) is 0.0435. The molecule has 2 heterocycles. The van der Waals surface area contributed by atoms with Crippen molar-refractivity contribution in [1.29, 1.82) is 0 Å². The van der Waals surface area contributed by atoms with E-state index in [0.717, 1.165) is 12.1 Å². The molecule has 0 aliphatic rings. The van der Waals surface area contributed by atoms with Crippen molar-refractivity contribution in [3.8, 4) is 5.82 Å². The largest absolute Gasteiger partial charge is 0.416 e. The average molecular weight is 451 g/mol. The molecule has 33 heavy (non-hydrogen) atoms. The van der Waals surface area contributed by atoms with E-state index in [1.54, 1.807) is 47.6 Å². The highest BCUT2D eigenvalue weighted by atomic mass is 19.4. The van der Waals surface area contributed by atoms with Crippen LogP contribution in [-0.2, 0) is 6.18 Å². The first-order valence-corrected chi connectivity index (χ1v) is 9.64. The Morgan fingerprint density at radius 3 is 2.42 bits per heavy atom. The maximum atomic E-state index is 12.9. The number of alkyl halides is 3. The zero-order valence-electron chi connectivity index (χ0n) is 16.9. The third-order valence-corrected chi connectivity index (χ3v) is 4.65. The van der Waals surface area contributed by atoms with Gasteiger partial charge in [-0.25, -0.2) is 9.97 Å². The van der Waals surface area contributed by atoms with Gasteiger partial charge in [-0.1, -0.05) is 18.2 Å². The van der Waals surface area contributed by atoms with E-state index in [-0.39, 0.29) is 22.5 Å². The van der Waals surface area contributed by atoms with E-state index >= 15 is 0 Å². The highest BCUT2D eigenvalue weighted by Gasteiger charge is 2.30. The van der Waals surface area contributed by atoms with E-state index in [9.17, 15) is 22.8 Å². The van der Waals surface area contributed by atoms with Crippen LogP contribution in [0, 0.1) is 0 Å². The molecule has 2 aromatic heterocycles. The Balaban J connectivity index is 1.50. The molecule has 166 valence electrons. The van der Waals surface area contributed by atoms with Gasteiger partial charge in [0.15, 0.2) is 0 Å². The Morgan fingerprint density at radius 2 is 1.73 bits per heavy atom. The molecule has 2 amide bonds. The molecule has 0 fully saturated rings. The van der Waals surface area contributed by atoms with Crippen molar-refractivity contribution < 1.29 is 22.8 Å². The van der Waals surface area contributed by atoms with Gasteiger partial charge in [-0.2, -0.15) is 13.2 Å². The Morgan fingerprint density at radius 1 is 0.909 bits per heavy atom. The zero-order chi connectivity index (χ0) is 23.4. The quantitative estimate of drug-likeness (QED) is 0.457. The molecule has 0 unspecified atom stereocenters. The van der Waals surface area contributed by atoms with Crippen LogP contribution < -0.4 is 10.6 Å². The van der Waals surface area contributed by atoms with Crippen LogP contribution in [0.2, 0.25) is 0 Å². The van der Waals surface area contributed by atoms with Gasteiger partial charge in [-0.05, 0) is 42.5 Å². The number of para-hydroxylation sites is 1. The molecule has 0 saturated heterocycles. The fourth-order valence-electron chi connectivity index (χ4n) is 3.02. The van der Waals surface area contributed by atoms with Crippen LogP contribution in [0.15, 0.2) is 85.6 Å². The lowest BCUT2D eigenvalue weighted by Crippen LogP contribution is -2.18. The Labute approximate surface area is 185 Å². The monoisotopic (exact) mass is 451 g/mol. The average Bonchev–Trinajstić information content (AvgIpc) is 3.34. The van der Waals surface area contributed by atoms with Gasteiger partial charge in [-0.3, -0.25) is 14.2 Å². The molecule has 2 N–H and O–H groups in total. The molecule has 7 nitrogen and oxygen atoms in total. The summed E-state index contributed by atoms with van der Waals surface area (Å²) in [7, 11) is 0. The van der Waals surface area contributed by atoms with Gasteiger partial charge in [0.05, 0.1) is 22.4 Å². The lowest BCUT2D eigenvalue weighted by Gasteiger charge is -2.13. The topological polar surface area (TPSA) is 88.9 Å². The first kappa shape index (κ1) is 21.8. The summed E-state index contributed by atoms with van der Waals surface area (Å²) < 4.78 is 40.5. The molecule has 2 aromatic carbocycles. The van der Waals surface area contributed by atoms with Crippen molar-refractivity contribution in [2.24, 2.45) is 0 Å². The SMILES string of the molecule is O=C(Nc1ccccc1C(=O)Nc1cccc(C(F)(F)F)c1)c1ccc(-n2ccnc2)nc1. The molecular formula is C23H16F3N5O2. The predicted molar refractivity (Wildman–Crippen MR) is 115 cm³/mol. The lowest BCUT2D eigenvalue weighted by molar-refractivity contribution is -0.137. The van der Waals surface area contributed by atoms with Crippen molar-refractivity contribution in [2.45, 2.75) is 6.18 Å². The van der Waals surface area contributed by atoms with Gasteiger partial charge in [0.25, 0.3) is 11.8 Å². The fourth-order valence-corrected chi connectivity index (χ4v) is 3.02. The number of pyridine rings is 1. The summed E-state index contributed by atoms with van der Waals surface area (Å²) in [6.07, 6.45) is 1.73. The molecule has 4 rings (SSSR count). The number of hydrogen-bond donors (Lipinski definition) is 2. The van der Waals surface area contributed by atoms with Crippen LogP contribution in [0.25, 0.3) is 5.82 Å². The van der Waals surface area contributed by atoms with Crippen molar-refractivity contribution in [3.05, 3.63) is 102 Å². The van der Waals surface area contributed by atoms with Gasteiger partial charge >= 0.3 is 6.18 Å². The van der Waals surface area contributed by atoms with Crippen LogP contribution in [0.5, 0.6) is 0 Å². The number of halogens is 3. The number of carbonyl (C=O) groups excluding carboxylic acids is 2. The summed E-state index contributed by atoms with van der Waals surface area (Å²) in [5, 5.41) is 5.08. The third-order valence-electron chi connectivity index (χ3n) is 4.65. The standard InChI is InChI=1S/C23H16F3N5O2/c24-23(25,26)16-4-3-5-17(12-16)29-22(33)18-6-1-2-7-19(18)30-21(32)15-8-9-20(28-13-15)31-11-10-27-14-31/h1-14H,(H,29,33)(H,30,32). The predicted octanol–water partition coefficient (Wildman–Crippen LogP) is 4.79. The first-order valence-electron chi connectivity index (χ1n) is 9.64. The number of nitrogens with one attached hydrogen (secondary N) is 2. The molecular weight excluding hydrogens is 435 g/mol. The van der Waals surface area contributed by atoms with Gasteiger partial charge in [0, 0.05) is 24.3 Å². The van der Waals surface area contributed by atoms with Crippen LogP contribution in [-0.4, -0.2) is 26.3 Å². The summed E-state index contributed by atoms with van der Waals surface area (Å²) >= 11 is 0. The molecule has 10 heteroatoms. The minimum Gasteiger partial charge on any atom is -0.322 e. The number of rotatable bonds is 5. The zero-order valence-corrected chi connectivity index (χ0v) is 16.9. The number of nitrogens with zero attached hydrogens (tertiary/aromatic N) is 3. The van der Waals surface area contributed by atoms with Crippen LogP contribution >= 0.6 is 0 Å². The summed E-state index contributed by atoms with van der Waals surface area (Å²) in [5.74, 6) is -0.595. The highest BCUT2D eigenvalue weighted by Crippen LogP contribution is 2.31. The van der Waals surface area contributed by atoms with E-state index in [0.29, 0.717) is 5.82 Å². The number of benzene rings is 2. The smallest absolute Gasteiger partial charge is 0.322 e. The summed E-state index contributed by atoms with van der Waals surface area (Å²) in [6, 6.07) is 13.7. The Kier molecular flexibility index (Phi) is 5.90. The van der Waals surface area contributed by atoms with Crippen LogP contribution in [0.1, 0.15) is 26.3 Å². The number of carbonyl (C=O) groups is 2. The van der Waals surface area contributed by atoms with Gasteiger partial charge in [0.2, 0.25) is 0 Å². The summed E-state index contributed by atoms with van der Waals surface area (Å²) in [5.41, 5.74) is -0.354. The molecule has 0 radical (unpaired) electrons. The third kappa shape index (κ3) is 5.06. The minimum absolute atomic E-state index is 0.0183. The minimum atomic E-state index is -4.53. The molecule has 0 aliphatic heterocycles. The van der Waals surface area contributed by atoms with Crippen LogP contribution in [0.4, 0.5) is 24.5 Å². The number of imidazole rings is 1. The molecule has 0 aliphatic carbocycles. The second kappa shape index (κ2) is 8.95. The van der Waals surface area contributed by atoms with Crippen molar-refractivity contribution >= 4 is 23.2 Å². The maximum absolute atomic E-state index is 12.9. The van der Waals surface area contributed by atoms with E-state index in [1.165, 1.54) is 30.5 Å². The van der Waals surface area contributed by atoms with Crippen molar-refractivity contribution in [3.63, 3.8) is 0 Å². The van der Waals surface area contributed by atoms with Gasteiger partial charge in [0.1, 0.15) is 12.1 Å². The summed E-state index contributed by atoms with van der Waals surface area (Å²) in [4.78, 5) is 33.5. The number of anilines is 2. The van der Waals surface area contributed by atoms with Crippen LogP contribution in [0.3, 0.4) is 0 Å². The van der Waals surface area contributed by atoms with Gasteiger partial charge in [-0.15, -0.1) is 0 Å². The van der Waals surface area contributed by atoms with E-state index in [1.807, 2.05) is 0 Å². The maximum Gasteiger partial charge on any atom is 0.416 e. The molecule has 0 spiro atoms. The highest BCUT2D eigenvalue weighted by molar-refractivity contribution is 6.12. The molecule has 4 aromatic rings. The Bertz CT molecular complexity index is 1290. The van der Waals surface area contributed by atoms with Crippen molar-refractivity contribution in [1.82, 2.24) is 14.5 Å². The van der Waals surface area contributed by atoms with Crippen molar-refractivity contribution in [2.75, 3.05) is 10.6 Å².